The zero-order chi connectivity index (χ0) is 23.9. The van der Waals surface area contributed by atoms with Gasteiger partial charge in [0.1, 0.15) is 11.5 Å². The first-order valence-electron chi connectivity index (χ1n) is 11.7. The standard InChI is InChI=1S/C26H32N2O6/c1-31-23-7-3-19(4-8-23)15-21-11-13-27(17-21)33-25(29)26(30)34-28-14-12-22(18-28)16-20-5-9-24(32-2)10-6-20/h3-10,21-22H,11-18H2,1-2H3. The summed E-state index contributed by atoms with van der Waals surface area (Å²) in [4.78, 5) is 35.1. The van der Waals surface area contributed by atoms with E-state index in [4.69, 9.17) is 19.1 Å². The highest BCUT2D eigenvalue weighted by Gasteiger charge is 2.32. The Bertz CT molecular complexity index is 883. The first kappa shape index (κ1) is 24.0. The number of ether oxygens (including phenoxy) is 2. The molecule has 0 aromatic heterocycles. The maximum Gasteiger partial charge on any atom is 0.438 e. The molecule has 2 atom stereocenters. The van der Waals surface area contributed by atoms with Crippen LogP contribution >= 0.6 is 0 Å². The van der Waals surface area contributed by atoms with Crippen LogP contribution in [0.5, 0.6) is 11.5 Å². The van der Waals surface area contributed by atoms with E-state index in [1.54, 1.807) is 24.3 Å². The second-order valence-electron chi connectivity index (χ2n) is 8.95. The maximum absolute atomic E-state index is 12.3. The number of hydrogen-bond acceptors (Lipinski definition) is 8. The fourth-order valence-electron chi connectivity index (χ4n) is 4.59. The smallest absolute Gasteiger partial charge is 0.438 e. The lowest BCUT2D eigenvalue weighted by molar-refractivity contribution is -0.213. The normalized spacial score (nSPS) is 20.8. The van der Waals surface area contributed by atoms with Gasteiger partial charge in [-0.2, -0.15) is 0 Å². The Hall–Kier alpha value is -3.10. The van der Waals surface area contributed by atoms with Gasteiger partial charge in [-0.05, 0) is 72.9 Å². The number of methoxy groups -OCH3 is 2. The van der Waals surface area contributed by atoms with Crippen LogP contribution in [-0.4, -0.2) is 62.5 Å². The van der Waals surface area contributed by atoms with Crippen molar-refractivity contribution in [1.29, 1.82) is 0 Å². The fraction of sp³-hybridized carbons (Fsp3) is 0.462. The van der Waals surface area contributed by atoms with E-state index in [9.17, 15) is 9.59 Å². The van der Waals surface area contributed by atoms with Gasteiger partial charge in [0.05, 0.1) is 14.2 Å². The lowest BCUT2D eigenvalue weighted by Crippen LogP contribution is -2.35. The average molecular weight is 469 g/mol. The number of rotatable bonds is 8. The Morgan fingerprint density at radius 1 is 0.706 bits per heavy atom. The highest BCUT2D eigenvalue weighted by molar-refractivity contribution is 6.29. The highest BCUT2D eigenvalue weighted by Crippen LogP contribution is 2.24. The molecule has 0 aliphatic carbocycles. The lowest BCUT2D eigenvalue weighted by Gasteiger charge is -2.18. The quantitative estimate of drug-likeness (QED) is 0.547. The molecule has 4 rings (SSSR count). The molecule has 0 saturated carbocycles. The van der Waals surface area contributed by atoms with Gasteiger partial charge < -0.3 is 19.1 Å². The van der Waals surface area contributed by atoms with E-state index in [1.165, 1.54) is 11.1 Å². The van der Waals surface area contributed by atoms with Crippen LogP contribution in [0.4, 0.5) is 0 Å². The van der Waals surface area contributed by atoms with E-state index in [2.05, 4.69) is 0 Å². The van der Waals surface area contributed by atoms with Crippen molar-refractivity contribution in [2.45, 2.75) is 25.7 Å². The number of hydroxylamine groups is 4. The third kappa shape index (κ3) is 6.48. The molecule has 0 amide bonds. The summed E-state index contributed by atoms with van der Waals surface area (Å²) in [6.45, 7) is 2.40. The van der Waals surface area contributed by atoms with Crippen molar-refractivity contribution in [3.05, 3.63) is 59.7 Å². The minimum atomic E-state index is -0.969. The second-order valence-corrected chi connectivity index (χ2v) is 8.95. The summed E-state index contributed by atoms with van der Waals surface area (Å²) in [5.74, 6) is 0.431. The van der Waals surface area contributed by atoms with Crippen LogP contribution in [0.3, 0.4) is 0 Å². The van der Waals surface area contributed by atoms with Crippen LogP contribution < -0.4 is 9.47 Å². The monoisotopic (exact) mass is 468 g/mol. The van der Waals surface area contributed by atoms with Crippen LogP contribution in [0.25, 0.3) is 0 Å². The second kappa shape index (κ2) is 11.4. The predicted octanol–water partition coefficient (Wildman–Crippen LogP) is 3.05. The van der Waals surface area contributed by atoms with Crippen molar-refractivity contribution < 1.29 is 28.7 Å². The molecule has 0 spiro atoms. The molecule has 0 N–H and O–H groups in total. The molecule has 8 heteroatoms. The van der Waals surface area contributed by atoms with E-state index >= 15 is 0 Å². The molecule has 2 aromatic rings. The van der Waals surface area contributed by atoms with E-state index < -0.39 is 11.9 Å². The van der Waals surface area contributed by atoms with Crippen LogP contribution in [-0.2, 0) is 32.1 Å². The van der Waals surface area contributed by atoms with Crippen molar-refractivity contribution in [2.24, 2.45) is 11.8 Å². The minimum Gasteiger partial charge on any atom is -0.497 e. The molecule has 182 valence electrons. The average Bonchev–Trinajstić information content (AvgIpc) is 3.49. The molecule has 34 heavy (non-hydrogen) atoms. The van der Waals surface area contributed by atoms with Gasteiger partial charge in [-0.25, -0.2) is 9.59 Å². The molecule has 8 nitrogen and oxygen atoms in total. The summed E-state index contributed by atoms with van der Waals surface area (Å²) < 4.78 is 10.4. The number of carbonyl (C=O) groups is 2. The van der Waals surface area contributed by atoms with Gasteiger partial charge in [-0.3, -0.25) is 0 Å². The molecular formula is C26H32N2O6. The SMILES string of the molecule is COc1ccc(CC2CCN(OC(=O)C(=O)ON3CCC(Cc4ccc(OC)cc4)C3)C2)cc1. The summed E-state index contributed by atoms with van der Waals surface area (Å²) >= 11 is 0. The third-order valence-electron chi connectivity index (χ3n) is 6.45. The largest absolute Gasteiger partial charge is 0.497 e. The van der Waals surface area contributed by atoms with E-state index in [-0.39, 0.29) is 0 Å². The van der Waals surface area contributed by atoms with Crippen molar-refractivity contribution in [2.75, 3.05) is 40.4 Å². The van der Waals surface area contributed by atoms with E-state index in [0.717, 1.165) is 37.2 Å². The van der Waals surface area contributed by atoms with Gasteiger partial charge in [-0.15, -0.1) is 10.1 Å². The summed E-state index contributed by atoms with van der Waals surface area (Å²) in [6.07, 6.45) is 3.55. The summed E-state index contributed by atoms with van der Waals surface area (Å²) in [7, 11) is 3.29. The Balaban J connectivity index is 1.17. The van der Waals surface area contributed by atoms with Gasteiger partial charge in [-0.1, -0.05) is 24.3 Å². The van der Waals surface area contributed by atoms with Crippen LogP contribution in [0, 0.1) is 11.8 Å². The molecule has 2 fully saturated rings. The Labute approximate surface area is 200 Å². The molecule has 0 bridgehead atoms. The molecule has 2 saturated heterocycles. The van der Waals surface area contributed by atoms with Gasteiger partial charge >= 0.3 is 11.9 Å². The molecule has 2 unspecified atom stereocenters. The topological polar surface area (TPSA) is 77.5 Å². The first-order valence-corrected chi connectivity index (χ1v) is 11.7. The fourth-order valence-corrected chi connectivity index (χ4v) is 4.59. The molecule has 0 radical (unpaired) electrons. The maximum atomic E-state index is 12.3. The van der Waals surface area contributed by atoms with Gasteiger partial charge in [0, 0.05) is 26.2 Å². The summed E-state index contributed by atoms with van der Waals surface area (Å²) in [6, 6.07) is 15.9. The van der Waals surface area contributed by atoms with Gasteiger partial charge in [0.25, 0.3) is 0 Å². The lowest BCUT2D eigenvalue weighted by atomic mass is 9.99. The highest BCUT2D eigenvalue weighted by atomic mass is 16.8. The van der Waals surface area contributed by atoms with Crippen molar-refractivity contribution in [3.8, 4) is 11.5 Å². The molecule has 2 aliphatic rings. The van der Waals surface area contributed by atoms with Gasteiger partial charge in [0.15, 0.2) is 0 Å². The molecule has 2 heterocycles. The molecule has 2 aromatic carbocycles. The summed E-state index contributed by atoms with van der Waals surface area (Å²) in [5, 5.41) is 3.13. The Kier molecular flexibility index (Phi) is 8.03. The molecule has 2 aliphatic heterocycles. The zero-order valence-electron chi connectivity index (χ0n) is 19.8. The Morgan fingerprint density at radius 3 is 1.44 bits per heavy atom. The van der Waals surface area contributed by atoms with E-state index in [1.807, 2.05) is 48.5 Å². The van der Waals surface area contributed by atoms with Crippen LogP contribution in [0.1, 0.15) is 24.0 Å². The number of carbonyl (C=O) groups excluding carboxylic acids is 2. The van der Waals surface area contributed by atoms with Crippen LogP contribution in [0.2, 0.25) is 0 Å². The number of benzene rings is 2. The van der Waals surface area contributed by atoms with Crippen molar-refractivity contribution >= 4 is 11.9 Å². The minimum absolute atomic E-state index is 0.356. The van der Waals surface area contributed by atoms with Crippen LogP contribution in [0.15, 0.2) is 48.5 Å². The molecular weight excluding hydrogens is 436 g/mol. The number of nitrogens with zero attached hydrogens (tertiary/aromatic N) is 2. The predicted molar refractivity (Wildman–Crippen MR) is 125 cm³/mol. The van der Waals surface area contributed by atoms with Gasteiger partial charge in [0.2, 0.25) is 0 Å². The zero-order valence-corrected chi connectivity index (χ0v) is 19.8. The first-order chi connectivity index (χ1) is 16.5. The van der Waals surface area contributed by atoms with Crippen molar-refractivity contribution in [1.82, 2.24) is 10.1 Å². The summed E-state index contributed by atoms with van der Waals surface area (Å²) in [5.41, 5.74) is 2.41. The van der Waals surface area contributed by atoms with E-state index in [0.29, 0.717) is 38.0 Å². The Morgan fingerprint density at radius 2 is 1.09 bits per heavy atom. The third-order valence-corrected chi connectivity index (χ3v) is 6.45. The van der Waals surface area contributed by atoms with Crippen molar-refractivity contribution in [3.63, 3.8) is 0 Å². The number of hydrogen-bond donors (Lipinski definition) is 0.